The van der Waals surface area contributed by atoms with Crippen molar-refractivity contribution >= 4 is 11.9 Å². The standard InChI is InChI=1S/C11H22N4O2/c1-2-6-9(10(12)14-17)13-11(16)15-7-4-3-5-8-15/h9,17H,2-8H2,1H3,(H2,12,14)(H,13,16). The smallest absolute Gasteiger partial charge is 0.317 e. The van der Waals surface area contributed by atoms with Crippen LogP contribution in [0, 0.1) is 0 Å². The first-order chi connectivity index (χ1) is 8.19. The average Bonchev–Trinajstić information content (AvgIpc) is 2.38. The van der Waals surface area contributed by atoms with Crippen molar-refractivity contribution in [1.29, 1.82) is 0 Å². The maximum absolute atomic E-state index is 11.9. The van der Waals surface area contributed by atoms with Crippen LogP contribution in [0.3, 0.4) is 0 Å². The van der Waals surface area contributed by atoms with Gasteiger partial charge in [0.05, 0.1) is 6.04 Å². The van der Waals surface area contributed by atoms with Crippen LogP contribution in [0.4, 0.5) is 4.79 Å². The highest BCUT2D eigenvalue weighted by molar-refractivity contribution is 5.89. The van der Waals surface area contributed by atoms with Gasteiger partial charge in [0.1, 0.15) is 0 Å². The number of nitrogens with one attached hydrogen (secondary N) is 1. The molecule has 0 bridgehead atoms. The second-order valence-electron chi connectivity index (χ2n) is 4.36. The number of carbonyl (C=O) groups excluding carboxylic acids is 1. The van der Waals surface area contributed by atoms with E-state index in [2.05, 4.69) is 10.5 Å². The van der Waals surface area contributed by atoms with Crippen molar-refractivity contribution in [3.05, 3.63) is 0 Å². The molecule has 2 amide bonds. The Morgan fingerprint density at radius 2 is 2.12 bits per heavy atom. The highest BCUT2D eigenvalue weighted by atomic mass is 16.4. The maximum atomic E-state index is 11.9. The first kappa shape index (κ1) is 13.6. The molecule has 0 radical (unpaired) electrons. The highest BCUT2D eigenvalue weighted by Gasteiger charge is 2.21. The number of hydrogen-bond acceptors (Lipinski definition) is 3. The van der Waals surface area contributed by atoms with Gasteiger partial charge in [0.25, 0.3) is 0 Å². The van der Waals surface area contributed by atoms with E-state index in [1.54, 1.807) is 4.90 Å². The quantitative estimate of drug-likeness (QED) is 0.298. The van der Waals surface area contributed by atoms with Gasteiger partial charge in [-0.3, -0.25) is 0 Å². The summed E-state index contributed by atoms with van der Waals surface area (Å²) in [4.78, 5) is 13.7. The van der Waals surface area contributed by atoms with E-state index in [0.717, 1.165) is 32.4 Å². The zero-order valence-electron chi connectivity index (χ0n) is 10.4. The molecular formula is C11H22N4O2. The summed E-state index contributed by atoms with van der Waals surface area (Å²) >= 11 is 0. The molecule has 1 fully saturated rings. The fourth-order valence-corrected chi connectivity index (χ4v) is 1.99. The van der Waals surface area contributed by atoms with Crippen molar-refractivity contribution in [2.75, 3.05) is 13.1 Å². The van der Waals surface area contributed by atoms with Gasteiger partial charge in [-0.15, -0.1) is 0 Å². The SMILES string of the molecule is CCCC(NC(=O)N1CCCCC1)C(N)=NO. The zero-order chi connectivity index (χ0) is 12.7. The molecule has 0 aliphatic carbocycles. The number of oxime groups is 1. The van der Waals surface area contributed by atoms with Crippen LogP contribution >= 0.6 is 0 Å². The topological polar surface area (TPSA) is 91.0 Å². The molecule has 98 valence electrons. The van der Waals surface area contributed by atoms with Crippen molar-refractivity contribution in [2.24, 2.45) is 10.9 Å². The summed E-state index contributed by atoms with van der Waals surface area (Å²) in [6, 6.07) is -0.492. The van der Waals surface area contributed by atoms with E-state index in [1.165, 1.54) is 6.42 Å². The molecule has 1 aliphatic rings. The molecule has 0 saturated carbocycles. The molecule has 6 nitrogen and oxygen atoms in total. The van der Waals surface area contributed by atoms with E-state index < -0.39 is 0 Å². The van der Waals surface area contributed by atoms with Crippen LogP contribution in [-0.2, 0) is 0 Å². The zero-order valence-corrected chi connectivity index (χ0v) is 10.4. The van der Waals surface area contributed by atoms with Crippen molar-refractivity contribution in [2.45, 2.75) is 45.1 Å². The maximum Gasteiger partial charge on any atom is 0.317 e. The summed E-state index contributed by atoms with van der Waals surface area (Å²) in [6.07, 6.45) is 4.82. The van der Waals surface area contributed by atoms with Gasteiger partial charge in [0.2, 0.25) is 0 Å². The van der Waals surface area contributed by atoms with Crippen LogP contribution in [-0.4, -0.2) is 41.1 Å². The second-order valence-corrected chi connectivity index (χ2v) is 4.36. The van der Waals surface area contributed by atoms with E-state index in [4.69, 9.17) is 10.9 Å². The molecule has 1 rings (SSSR count). The fourth-order valence-electron chi connectivity index (χ4n) is 1.99. The van der Waals surface area contributed by atoms with Crippen LogP contribution < -0.4 is 11.1 Å². The number of urea groups is 1. The lowest BCUT2D eigenvalue weighted by molar-refractivity contribution is 0.184. The molecule has 0 aromatic rings. The molecule has 0 spiro atoms. The van der Waals surface area contributed by atoms with Crippen molar-refractivity contribution in [1.82, 2.24) is 10.2 Å². The lowest BCUT2D eigenvalue weighted by atomic mass is 10.1. The molecule has 1 saturated heterocycles. The monoisotopic (exact) mass is 242 g/mol. The first-order valence-electron chi connectivity index (χ1n) is 6.22. The third-order valence-corrected chi connectivity index (χ3v) is 2.99. The Morgan fingerprint density at radius 1 is 1.47 bits per heavy atom. The van der Waals surface area contributed by atoms with Crippen LogP contribution in [0.5, 0.6) is 0 Å². The summed E-state index contributed by atoms with van der Waals surface area (Å²) in [7, 11) is 0. The molecule has 1 atom stereocenters. The Morgan fingerprint density at radius 3 is 2.65 bits per heavy atom. The molecule has 0 aromatic heterocycles. The Balaban J connectivity index is 2.50. The minimum atomic E-state index is -0.376. The Bertz CT molecular complexity index is 275. The minimum Gasteiger partial charge on any atom is -0.409 e. The Labute approximate surface area is 102 Å². The van der Waals surface area contributed by atoms with Gasteiger partial charge in [0.15, 0.2) is 5.84 Å². The summed E-state index contributed by atoms with van der Waals surface area (Å²) in [5.41, 5.74) is 5.55. The molecule has 1 unspecified atom stereocenters. The summed E-state index contributed by atoms with van der Waals surface area (Å²) in [5, 5.41) is 14.4. The van der Waals surface area contributed by atoms with Crippen molar-refractivity contribution < 1.29 is 10.0 Å². The lowest BCUT2D eigenvalue weighted by Gasteiger charge is -2.28. The van der Waals surface area contributed by atoms with Crippen LogP contribution in [0.1, 0.15) is 39.0 Å². The van der Waals surface area contributed by atoms with E-state index in [0.29, 0.717) is 6.42 Å². The largest absolute Gasteiger partial charge is 0.409 e. The minimum absolute atomic E-state index is 0.0669. The predicted octanol–water partition coefficient (Wildman–Crippen LogP) is 1.10. The van der Waals surface area contributed by atoms with Gasteiger partial charge in [-0.25, -0.2) is 4.79 Å². The number of carbonyl (C=O) groups is 1. The number of rotatable bonds is 4. The molecule has 1 aliphatic heterocycles. The molecule has 6 heteroatoms. The fraction of sp³-hybridized carbons (Fsp3) is 0.818. The normalized spacial score (nSPS) is 18.9. The number of nitrogens with zero attached hydrogens (tertiary/aromatic N) is 2. The van der Waals surface area contributed by atoms with E-state index in [-0.39, 0.29) is 17.9 Å². The van der Waals surface area contributed by atoms with E-state index in [1.807, 2.05) is 6.92 Å². The highest BCUT2D eigenvalue weighted by Crippen LogP contribution is 2.09. The van der Waals surface area contributed by atoms with Gasteiger partial charge < -0.3 is 21.2 Å². The molecule has 4 N–H and O–H groups in total. The van der Waals surface area contributed by atoms with Gasteiger partial charge >= 0.3 is 6.03 Å². The number of amidine groups is 1. The molecule has 0 aromatic carbocycles. The first-order valence-corrected chi connectivity index (χ1v) is 6.22. The predicted molar refractivity (Wildman–Crippen MR) is 66.1 cm³/mol. The number of hydrogen-bond donors (Lipinski definition) is 3. The van der Waals surface area contributed by atoms with Crippen molar-refractivity contribution in [3.8, 4) is 0 Å². The third-order valence-electron chi connectivity index (χ3n) is 2.99. The van der Waals surface area contributed by atoms with E-state index >= 15 is 0 Å². The third kappa shape index (κ3) is 4.13. The van der Waals surface area contributed by atoms with Crippen LogP contribution in [0.15, 0.2) is 5.16 Å². The van der Waals surface area contributed by atoms with Gasteiger partial charge in [-0.1, -0.05) is 18.5 Å². The van der Waals surface area contributed by atoms with Crippen LogP contribution in [0.2, 0.25) is 0 Å². The second kappa shape index (κ2) is 6.98. The average molecular weight is 242 g/mol. The summed E-state index contributed by atoms with van der Waals surface area (Å²) in [6.45, 7) is 3.58. The number of amides is 2. The number of piperidine rings is 1. The Kier molecular flexibility index (Phi) is 5.59. The summed E-state index contributed by atoms with van der Waals surface area (Å²) < 4.78 is 0. The molecule has 1 heterocycles. The molecular weight excluding hydrogens is 220 g/mol. The van der Waals surface area contributed by atoms with E-state index in [9.17, 15) is 4.79 Å². The Hall–Kier alpha value is -1.46. The van der Waals surface area contributed by atoms with Gasteiger partial charge in [-0.05, 0) is 25.7 Å². The summed E-state index contributed by atoms with van der Waals surface area (Å²) in [5.74, 6) is 0.0669. The van der Waals surface area contributed by atoms with Gasteiger partial charge in [-0.2, -0.15) is 0 Å². The number of likely N-dealkylation sites (tertiary alicyclic amines) is 1. The van der Waals surface area contributed by atoms with Crippen molar-refractivity contribution in [3.63, 3.8) is 0 Å². The number of nitrogens with two attached hydrogens (primary N) is 1. The molecule has 17 heavy (non-hydrogen) atoms. The van der Waals surface area contributed by atoms with Gasteiger partial charge in [0, 0.05) is 13.1 Å². The lowest BCUT2D eigenvalue weighted by Crippen LogP contribution is -2.51. The van der Waals surface area contributed by atoms with Crippen LogP contribution in [0.25, 0.3) is 0 Å².